The normalized spacial score (nSPS) is 10.4. The van der Waals surface area contributed by atoms with Crippen molar-refractivity contribution in [2.75, 3.05) is 5.75 Å². The van der Waals surface area contributed by atoms with E-state index < -0.39 is 0 Å². The van der Waals surface area contributed by atoms with Gasteiger partial charge in [0.15, 0.2) is 0 Å². The van der Waals surface area contributed by atoms with Crippen LogP contribution in [0.3, 0.4) is 0 Å². The van der Waals surface area contributed by atoms with E-state index in [9.17, 15) is 5.11 Å². The minimum Gasteiger partial charge on any atom is -0.508 e. The van der Waals surface area contributed by atoms with E-state index in [1.165, 1.54) is 11.1 Å². The molecule has 2 aromatic rings. The summed E-state index contributed by atoms with van der Waals surface area (Å²) in [5.41, 5.74) is 2.66. The Bertz CT molecular complexity index is 436. The number of rotatable bonds is 5. The van der Waals surface area contributed by atoms with Crippen molar-refractivity contribution in [3.8, 4) is 5.75 Å². The molecular formula is C15H16OS. The van der Waals surface area contributed by atoms with Crippen LogP contribution in [0.5, 0.6) is 5.75 Å². The fraction of sp³-hybridized carbons (Fsp3) is 0.200. The zero-order valence-corrected chi connectivity index (χ0v) is 10.5. The molecule has 0 amide bonds. The Balaban J connectivity index is 1.71. The van der Waals surface area contributed by atoms with E-state index in [-0.39, 0.29) is 0 Å². The Hall–Kier alpha value is -1.41. The molecule has 0 aliphatic rings. The summed E-state index contributed by atoms with van der Waals surface area (Å²) in [6.45, 7) is 0. The van der Waals surface area contributed by atoms with E-state index in [0.29, 0.717) is 5.75 Å². The molecule has 0 atom stereocenters. The summed E-state index contributed by atoms with van der Waals surface area (Å²) in [6, 6.07) is 18.0. The molecule has 0 radical (unpaired) electrons. The monoisotopic (exact) mass is 244 g/mol. The summed E-state index contributed by atoms with van der Waals surface area (Å²) in [7, 11) is 0. The maximum Gasteiger partial charge on any atom is 0.115 e. The molecule has 88 valence electrons. The molecule has 2 rings (SSSR count). The van der Waals surface area contributed by atoms with Gasteiger partial charge in [-0.05, 0) is 35.4 Å². The lowest BCUT2D eigenvalue weighted by atomic mass is 10.2. The third-order valence-corrected chi connectivity index (χ3v) is 3.61. The number of aromatic hydroxyl groups is 1. The van der Waals surface area contributed by atoms with Crippen molar-refractivity contribution in [1.29, 1.82) is 0 Å². The van der Waals surface area contributed by atoms with Gasteiger partial charge in [0.2, 0.25) is 0 Å². The molecule has 2 heteroatoms. The molecule has 0 unspecified atom stereocenters. The number of phenols is 1. The van der Waals surface area contributed by atoms with Crippen LogP contribution in [0.4, 0.5) is 0 Å². The third kappa shape index (κ3) is 4.16. The highest BCUT2D eigenvalue weighted by Crippen LogP contribution is 2.16. The maximum atomic E-state index is 9.17. The zero-order valence-electron chi connectivity index (χ0n) is 9.67. The lowest BCUT2D eigenvalue weighted by Crippen LogP contribution is -1.89. The SMILES string of the molecule is Oc1ccc(CSCCc2ccccc2)cc1. The van der Waals surface area contributed by atoms with Crippen molar-refractivity contribution in [2.45, 2.75) is 12.2 Å². The first-order valence-electron chi connectivity index (χ1n) is 5.74. The number of aryl methyl sites for hydroxylation is 1. The minimum absolute atomic E-state index is 0.336. The van der Waals surface area contributed by atoms with Crippen LogP contribution in [0, 0.1) is 0 Å². The predicted molar refractivity (Wildman–Crippen MR) is 74.4 cm³/mol. The van der Waals surface area contributed by atoms with Crippen molar-refractivity contribution in [3.05, 3.63) is 65.7 Å². The van der Waals surface area contributed by atoms with Crippen LogP contribution in [0.2, 0.25) is 0 Å². The highest BCUT2D eigenvalue weighted by molar-refractivity contribution is 7.98. The largest absolute Gasteiger partial charge is 0.508 e. The van der Waals surface area contributed by atoms with E-state index in [0.717, 1.165) is 17.9 Å². The fourth-order valence-corrected chi connectivity index (χ4v) is 2.57. The highest BCUT2D eigenvalue weighted by atomic mass is 32.2. The van der Waals surface area contributed by atoms with Gasteiger partial charge in [-0.25, -0.2) is 0 Å². The summed E-state index contributed by atoms with van der Waals surface area (Å²) >= 11 is 1.93. The van der Waals surface area contributed by atoms with E-state index in [1.54, 1.807) is 12.1 Å². The van der Waals surface area contributed by atoms with Crippen molar-refractivity contribution in [2.24, 2.45) is 0 Å². The van der Waals surface area contributed by atoms with Crippen LogP contribution in [0.15, 0.2) is 54.6 Å². The first-order valence-corrected chi connectivity index (χ1v) is 6.89. The Morgan fingerprint density at radius 1 is 0.824 bits per heavy atom. The standard InChI is InChI=1S/C15H16OS/c16-15-8-6-14(7-9-15)12-17-11-10-13-4-2-1-3-5-13/h1-9,16H,10-12H2. The van der Waals surface area contributed by atoms with Gasteiger partial charge in [0.1, 0.15) is 5.75 Å². The van der Waals surface area contributed by atoms with Crippen LogP contribution in [0.25, 0.3) is 0 Å². The molecule has 0 aliphatic heterocycles. The number of benzene rings is 2. The molecular weight excluding hydrogens is 228 g/mol. The number of hydrogen-bond donors (Lipinski definition) is 1. The van der Waals surface area contributed by atoms with Crippen LogP contribution >= 0.6 is 11.8 Å². The Labute approximate surface area is 107 Å². The first kappa shape index (κ1) is 12.1. The number of thioether (sulfide) groups is 1. The second-order valence-electron chi connectivity index (χ2n) is 3.95. The van der Waals surface area contributed by atoms with Crippen molar-refractivity contribution >= 4 is 11.8 Å². The van der Waals surface area contributed by atoms with E-state index in [2.05, 4.69) is 24.3 Å². The summed E-state index contributed by atoms with van der Waals surface area (Å²) in [5, 5.41) is 9.17. The molecule has 0 heterocycles. The zero-order chi connectivity index (χ0) is 11.9. The molecule has 1 N–H and O–H groups in total. The van der Waals surface area contributed by atoms with Gasteiger partial charge in [0.25, 0.3) is 0 Å². The van der Waals surface area contributed by atoms with Gasteiger partial charge in [0.05, 0.1) is 0 Å². The van der Waals surface area contributed by atoms with Gasteiger partial charge in [-0.2, -0.15) is 11.8 Å². The van der Waals surface area contributed by atoms with E-state index in [1.807, 2.05) is 30.0 Å². The molecule has 17 heavy (non-hydrogen) atoms. The second kappa shape index (κ2) is 6.36. The van der Waals surface area contributed by atoms with E-state index in [4.69, 9.17) is 0 Å². The van der Waals surface area contributed by atoms with Gasteiger partial charge in [-0.15, -0.1) is 0 Å². The molecule has 0 bridgehead atoms. The molecule has 0 saturated heterocycles. The molecule has 0 aromatic heterocycles. The number of phenolic OH excluding ortho intramolecular Hbond substituents is 1. The molecule has 0 spiro atoms. The summed E-state index contributed by atoms with van der Waals surface area (Å²) in [4.78, 5) is 0. The van der Waals surface area contributed by atoms with Crippen LogP contribution < -0.4 is 0 Å². The molecule has 0 saturated carbocycles. The maximum absolute atomic E-state index is 9.17. The van der Waals surface area contributed by atoms with Crippen LogP contribution in [0.1, 0.15) is 11.1 Å². The fourth-order valence-electron chi connectivity index (χ4n) is 1.62. The van der Waals surface area contributed by atoms with Crippen molar-refractivity contribution in [1.82, 2.24) is 0 Å². The Kier molecular flexibility index (Phi) is 4.51. The van der Waals surface area contributed by atoms with Gasteiger partial charge in [0, 0.05) is 5.75 Å². The van der Waals surface area contributed by atoms with Gasteiger partial charge in [-0.1, -0.05) is 42.5 Å². The smallest absolute Gasteiger partial charge is 0.115 e. The molecule has 0 aliphatic carbocycles. The van der Waals surface area contributed by atoms with Crippen molar-refractivity contribution < 1.29 is 5.11 Å². The average Bonchev–Trinajstić information content (AvgIpc) is 2.38. The van der Waals surface area contributed by atoms with Crippen molar-refractivity contribution in [3.63, 3.8) is 0 Å². The van der Waals surface area contributed by atoms with Gasteiger partial charge in [-0.3, -0.25) is 0 Å². The lowest BCUT2D eigenvalue weighted by Gasteiger charge is -2.02. The summed E-state index contributed by atoms with van der Waals surface area (Å²) in [6.07, 6.45) is 1.11. The van der Waals surface area contributed by atoms with Crippen LogP contribution in [-0.2, 0) is 12.2 Å². The topological polar surface area (TPSA) is 20.2 Å². The summed E-state index contributed by atoms with van der Waals surface area (Å²) < 4.78 is 0. The summed E-state index contributed by atoms with van der Waals surface area (Å²) in [5.74, 6) is 2.47. The lowest BCUT2D eigenvalue weighted by molar-refractivity contribution is 0.475. The minimum atomic E-state index is 0.336. The predicted octanol–water partition coefficient (Wildman–Crippen LogP) is 3.87. The molecule has 1 nitrogen and oxygen atoms in total. The first-order chi connectivity index (χ1) is 8.34. The number of hydrogen-bond acceptors (Lipinski definition) is 2. The highest BCUT2D eigenvalue weighted by Gasteiger charge is 1.95. The quantitative estimate of drug-likeness (QED) is 0.806. The second-order valence-corrected chi connectivity index (χ2v) is 5.06. The molecule has 2 aromatic carbocycles. The molecule has 0 fully saturated rings. The van der Waals surface area contributed by atoms with Crippen LogP contribution in [-0.4, -0.2) is 10.9 Å². The van der Waals surface area contributed by atoms with E-state index >= 15 is 0 Å². The average molecular weight is 244 g/mol. The Morgan fingerprint density at radius 3 is 2.24 bits per heavy atom. The third-order valence-electron chi connectivity index (χ3n) is 2.58. The Morgan fingerprint density at radius 2 is 1.53 bits per heavy atom. The van der Waals surface area contributed by atoms with Gasteiger partial charge >= 0.3 is 0 Å². The van der Waals surface area contributed by atoms with Gasteiger partial charge < -0.3 is 5.11 Å².